The van der Waals surface area contributed by atoms with Crippen LogP contribution in [-0.4, -0.2) is 17.0 Å². The Balaban J connectivity index is 1.81. The van der Waals surface area contributed by atoms with E-state index in [-0.39, 0.29) is 16.8 Å². The number of carbonyl (C=O) groups excluding carboxylic acids is 1. The van der Waals surface area contributed by atoms with Crippen molar-refractivity contribution in [1.29, 1.82) is 0 Å². The van der Waals surface area contributed by atoms with Gasteiger partial charge in [-0.05, 0) is 54.3 Å². The van der Waals surface area contributed by atoms with Gasteiger partial charge in [0.25, 0.3) is 5.91 Å². The summed E-state index contributed by atoms with van der Waals surface area (Å²) < 4.78 is 13.3. The van der Waals surface area contributed by atoms with E-state index in [1.807, 2.05) is 30.3 Å². The summed E-state index contributed by atoms with van der Waals surface area (Å²) in [6.45, 7) is 0. The van der Waals surface area contributed by atoms with Crippen molar-refractivity contribution in [2.24, 2.45) is 0 Å². The molecule has 0 saturated heterocycles. The molecular weight excluding hydrogens is 345 g/mol. The highest BCUT2D eigenvalue weighted by Crippen LogP contribution is 2.21. The normalized spacial score (nSPS) is 10.4. The van der Waals surface area contributed by atoms with Gasteiger partial charge in [-0.3, -0.25) is 4.79 Å². The van der Waals surface area contributed by atoms with Crippen molar-refractivity contribution in [1.82, 2.24) is 0 Å². The molecule has 0 bridgehead atoms. The maximum Gasteiger partial charge on any atom is 0.337 e. The van der Waals surface area contributed by atoms with Crippen LogP contribution in [-0.2, 0) is 12.8 Å². The minimum absolute atomic E-state index is 0.0109. The second-order valence-corrected chi connectivity index (χ2v) is 6.14. The average Bonchev–Trinajstić information content (AvgIpc) is 2.67. The second kappa shape index (κ2) is 8.27. The van der Waals surface area contributed by atoms with Gasteiger partial charge in [0, 0.05) is 5.56 Å². The van der Waals surface area contributed by atoms with E-state index >= 15 is 0 Å². The van der Waals surface area contributed by atoms with Crippen molar-refractivity contribution >= 4 is 17.6 Å². The molecule has 27 heavy (non-hydrogen) atoms. The van der Waals surface area contributed by atoms with Gasteiger partial charge in [0.05, 0.1) is 11.3 Å². The lowest BCUT2D eigenvalue weighted by molar-refractivity contribution is 0.0698. The Morgan fingerprint density at radius 3 is 2.30 bits per heavy atom. The topological polar surface area (TPSA) is 66.4 Å². The number of aryl methyl sites for hydroxylation is 2. The van der Waals surface area contributed by atoms with Crippen LogP contribution < -0.4 is 5.32 Å². The lowest BCUT2D eigenvalue weighted by atomic mass is 10.0. The number of halogens is 1. The second-order valence-electron chi connectivity index (χ2n) is 6.14. The molecule has 0 spiro atoms. The van der Waals surface area contributed by atoms with E-state index in [9.17, 15) is 19.1 Å². The molecule has 0 atom stereocenters. The molecule has 5 heteroatoms. The summed E-state index contributed by atoms with van der Waals surface area (Å²) in [6, 6.07) is 20.1. The monoisotopic (exact) mass is 363 g/mol. The van der Waals surface area contributed by atoms with Crippen molar-refractivity contribution in [3.05, 3.63) is 101 Å². The van der Waals surface area contributed by atoms with Gasteiger partial charge in [-0.25, -0.2) is 9.18 Å². The van der Waals surface area contributed by atoms with Gasteiger partial charge in [-0.15, -0.1) is 0 Å². The van der Waals surface area contributed by atoms with Crippen LogP contribution in [0, 0.1) is 5.82 Å². The first-order valence-corrected chi connectivity index (χ1v) is 8.50. The molecule has 0 aromatic heterocycles. The molecule has 0 aliphatic rings. The zero-order valence-electron chi connectivity index (χ0n) is 14.5. The molecule has 2 N–H and O–H groups in total. The molecule has 0 radical (unpaired) electrons. The van der Waals surface area contributed by atoms with Crippen molar-refractivity contribution in [3.63, 3.8) is 0 Å². The van der Waals surface area contributed by atoms with Gasteiger partial charge in [-0.1, -0.05) is 42.5 Å². The van der Waals surface area contributed by atoms with E-state index in [2.05, 4.69) is 5.32 Å². The van der Waals surface area contributed by atoms with Crippen LogP contribution in [0.25, 0.3) is 0 Å². The molecule has 4 nitrogen and oxygen atoms in total. The Morgan fingerprint density at radius 1 is 0.852 bits per heavy atom. The fraction of sp³-hybridized carbons (Fsp3) is 0.0909. The molecule has 0 heterocycles. The number of rotatable bonds is 6. The van der Waals surface area contributed by atoms with Gasteiger partial charge >= 0.3 is 5.97 Å². The molecule has 0 fully saturated rings. The molecule has 3 aromatic rings. The van der Waals surface area contributed by atoms with Crippen molar-refractivity contribution in [3.8, 4) is 0 Å². The molecule has 136 valence electrons. The van der Waals surface area contributed by atoms with E-state index in [0.29, 0.717) is 6.42 Å². The Morgan fingerprint density at radius 2 is 1.59 bits per heavy atom. The molecule has 0 unspecified atom stereocenters. The third-order valence-corrected chi connectivity index (χ3v) is 4.19. The summed E-state index contributed by atoms with van der Waals surface area (Å²) in [5.74, 6) is -2.23. The zero-order valence-corrected chi connectivity index (χ0v) is 14.5. The first-order chi connectivity index (χ1) is 13.0. The minimum Gasteiger partial charge on any atom is -0.478 e. The maximum atomic E-state index is 13.3. The minimum atomic E-state index is -1.14. The van der Waals surface area contributed by atoms with Crippen LogP contribution in [0.2, 0.25) is 0 Å². The molecule has 3 rings (SSSR count). The predicted molar refractivity (Wildman–Crippen MR) is 102 cm³/mol. The molecule has 1 amide bonds. The standard InChI is InChI=1S/C22H18FNO3/c23-18-8-4-7-17(14-18)21(25)24-20-13-16(11-12-19(20)22(26)27)10-9-15-5-2-1-3-6-15/h1-8,11-14H,9-10H2,(H,24,25)(H,26,27). The van der Waals surface area contributed by atoms with Crippen LogP contribution in [0.5, 0.6) is 0 Å². The van der Waals surface area contributed by atoms with Crippen LogP contribution in [0.1, 0.15) is 31.8 Å². The number of carboxylic acids is 1. The Labute approximate surface area is 156 Å². The number of carboxylic acid groups (broad SMARTS) is 1. The van der Waals surface area contributed by atoms with E-state index < -0.39 is 17.7 Å². The first-order valence-electron chi connectivity index (χ1n) is 8.50. The third-order valence-electron chi connectivity index (χ3n) is 4.19. The summed E-state index contributed by atoms with van der Waals surface area (Å²) in [4.78, 5) is 23.8. The number of hydrogen-bond donors (Lipinski definition) is 2. The number of carbonyl (C=O) groups is 2. The van der Waals surface area contributed by atoms with Crippen LogP contribution in [0.15, 0.2) is 72.8 Å². The smallest absolute Gasteiger partial charge is 0.337 e. The predicted octanol–water partition coefficient (Wildman–Crippen LogP) is 4.56. The van der Waals surface area contributed by atoms with E-state index in [1.165, 1.54) is 29.8 Å². The van der Waals surface area contributed by atoms with E-state index in [4.69, 9.17) is 0 Å². The van der Waals surface area contributed by atoms with E-state index in [1.54, 1.807) is 12.1 Å². The average molecular weight is 363 g/mol. The molecule has 0 aliphatic carbocycles. The molecule has 0 aliphatic heterocycles. The van der Waals surface area contributed by atoms with Crippen molar-refractivity contribution in [2.45, 2.75) is 12.8 Å². The molecular formula is C22H18FNO3. The first kappa shape index (κ1) is 18.3. The molecule has 3 aromatic carbocycles. The Hall–Kier alpha value is -3.47. The van der Waals surface area contributed by atoms with Gasteiger partial charge in [0.1, 0.15) is 5.82 Å². The largest absolute Gasteiger partial charge is 0.478 e. The number of anilines is 1. The summed E-state index contributed by atoms with van der Waals surface area (Å²) in [5, 5.41) is 12.0. The maximum absolute atomic E-state index is 13.3. The lowest BCUT2D eigenvalue weighted by Crippen LogP contribution is -2.15. The highest BCUT2D eigenvalue weighted by molar-refractivity contribution is 6.07. The zero-order chi connectivity index (χ0) is 19.2. The fourth-order valence-corrected chi connectivity index (χ4v) is 2.79. The summed E-state index contributed by atoms with van der Waals surface area (Å²) >= 11 is 0. The summed E-state index contributed by atoms with van der Waals surface area (Å²) in [6.07, 6.45) is 1.50. The highest BCUT2D eigenvalue weighted by atomic mass is 19.1. The number of benzene rings is 3. The van der Waals surface area contributed by atoms with E-state index in [0.717, 1.165) is 18.1 Å². The van der Waals surface area contributed by atoms with Crippen LogP contribution in [0.4, 0.5) is 10.1 Å². The fourth-order valence-electron chi connectivity index (χ4n) is 2.79. The number of nitrogens with one attached hydrogen (secondary N) is 1. The number of amides is 1. The number of aromatic carboxylic acids is 1. The van der Waals surface area contributed by atoms with Crippen molar-refractivity contribution < 1.29 is 19.1 Å². The lowest BCUT2D eigenvalue weighted by Gasteiger charge is -2.11. The van der Waals surface area contributed by atoms with Gasteiger partial charge < -0.3 is 10.4 Å². The highest BCUT2D eigenvalue weighted by Gasteiger charge is 2.15. The Bertz CT molecular complexity index is 970. The van der Waals surface area contributed by atoms with Gasteiger partial charge in [0.2, 0.25) is 0 Å². The summed E-state index contributed by atoms with van der Waals surface area (Å²) in [7, 11) is 0. The van der Waals surface area contributed by atoms with Crippen LogP contribution >= 0.6 is 0 Å². The van der Waals surface area contributed by atoms with Crippen molar-refractivity contribution in [2.75, 3.05) is 5.32 Å². The summed E-state index contributed by atoms with van der Waals surface area (Å²) in [5.41, 5.74) is 2.38. The molecule has 0 saturated carbocycles. The van der Waals surface area contributed by atoms with Gasteiger partial charge in [0.15, 0.2) is 0 Å². The third kappa shape index (κ3) is 4.79. The quantitative estimate of drug-likeness (QED) is 0.675. The Kier molecular flexibility index (Phi) is 5.61. The SMILES string of the molecule is O=C(Nc1cc(CCc2ccccc2)ccc1C(=O)O)c1cccc(F)c1. The van der Waals surface area contributed by atoms with Gasteiger partial charge in [-0.2, -0.15) is 0 Å². The van der Waals surface area contributed by atoms with Crippen LogP contribution in [0.3, 0.4) is 0 Å². The number of hydrogen-bond acceptors (Lipinski definition) is 2.